The number of halogens is 1. The van der Waals surface area contributed by atoms with E-state index in [2.05, 4.69) is 30.6 Å². The molecule has 2 aromatic rings. The van der Waals surface area contributed by atoms with Gasteiger partial charge in [0.25, 0.3) is 0 Å². The Balaban J connectivity index is 2.47. The van der Waals surface area contributed by atoms with Gasteiger partial charge in [-0.2, -0.15) is 5.10 Å². The number of hydrogen-bond acceptors (Lipinski definition) is 5. The van der Waals surface area contributed by atoms with Crippen molar-refractivity contribution >= 4 is 27.5 Å². The van der Waals surface area contributed by atoms with Crippen LogP contribution < -0.4 is 0 Å². The zero-order valence-electron chi connectivity index (χ0n) is 9.75. The van der Waals surface area contributed by atoms with Crippen molar-refractivity contribution in [1.82, 2.24) is 19.4 Å². The summed E-state index contributed by atoms with van der Waals surface area (Å²) in [5.41, 5.74) is 1.50. The van der Waals surface area contributed by atoms with E-state index in [1.807, 2.05) is 20.8 Å². The molecule has 17 heavy (non-hydrogen) atoms. The second kappa shape index (κ2) is 4.83. The first-order valence-corrected chi connectivity index (χ1v) is 6.78. The van der Waals surface area contributed by atoms with Crippen LogP contribution in [0, 0.1) is 6.92 Å². The number of aliphatic hydroxyl groups excluding tert-OH is 1. The fraction of sp³-hybridized carbons (Fsp3) is 0.500. The fourth-order valence-electron chi connectivity index (χ4n) is 1.63. The molecule has 0 aliphatic rings. The molecule has 0 saturated carbocycles. The minimum Gasteiger partial charge on any atom is -0.381 e. The van der Waals surface area contributed by atoms with Gasteiger partial charge in [0.05, 0.1) is 26.9 Å². The van der Waals surface area contributed by atoms with Crippen molar-refractivity contribution < 1.29 is 5.11 Å². The van der Waals surface area contributed by atoms with E-state index in [-0.39, 0.29) is 6.04 Å². The Morgan fingerprint density at radius 3 is 2.71 bits per heavy atom. The summed E-state index contributed by atoms with van der Waals surface area (Å²) in [6, 6.07) is 0.187. The van der Waals surface area contributed by atoms with Crippen molar-refractivity contribution in [2.24, 2.45) is 0 Å². The van der Waals surface area contributed by atoms with E-state index in [0.29, 0.717) is 0 Å². The molecule has 1 unspecified atom stereocenters. The maximum Gasteiger partial charge on any atom is 0.134 e. The second-order valence-electron chi connectivity index (χ2n) is 4.04. The van der Waals surface area contributed by atoms with Crippen LogP contribution >= 0.6 is 27.5 Å². The highest BCUT2D eigenvalue weighted by Gasteiger charge is 2.24. The Labute approximate surface area is 112 Å². The molecule has 2 aromatic heterocycles. The lowest BCUT2D eigenvalue weighted by Crippen LogP contribution is -2.12. The van der Waals surface area contributed by atoms with Crippen molar-refractivity contribution in [3.63, 3.8) is 0 Å². The molecule has 1 atom stereocenters. The van der Waals surface area contributed by atoms with E-state index in [0.717, 1.165) is 20.7 Å². The van der Waals surface area contributed by atoms with Crippen molar-refractivity contribution in [2.45, 2.75) is 32.9 Å². The quantitative estimate of drug-likeness (QED) is 0.944. The van der Waals surface area contributed by atoms with E-state index >= 15 is 0 Å². The van der Waals surface area contributed by atoms with E-state index in [1.165, 1.54) is 11.5 Å². The first-order chi connectivity index (χ1) is 8.02. The Bertz CT molecular complexity index is 522. The van der Waals surface area contributed by atoms with E-state index < -0.39 is 6.10 Å². The van der Waals surface area contributed by atoms with Crippen LogP contribution in [0.2, 0.25) is 0 Å². The van der Waals surface area contributed by atoms with Crippen molar-refractivity contribution in [3.05, 3.63) is 26.9 Å². The number of hydrogen-bond donors (Lipinski definition) is 1. The summed E-state index contributed by atoms with van der Waals surface area (Å²) in [4.78, 5) is 0.758. The minimum absolute atomic E-state index is 0.187. The summed E-state index contributed by atoms with van der Waals surface area (Å²) in [6.07, 6.45) is 0.955. The highest BCUT2D eigenvalue weighted by atomic mass is 79.9. The largest absolute Gasteiger partial charge is 0.381 e. The summed E-state index contributed by atoms with van der Waals surface area (Å²) in [5.74, 6) is 0. The molecule has 7 heteroatoms. The Hall–Kier alpha value is -0.790. The van der Waals surface area contributed by atoms with Crippen LogP contribution in [0.1, 0.15) is 42.3 Å². The number of rotatable bonds is 3. The van der Waals surface area contributed by atoms with Gasteiger partial charge in [-0.05, 0) is 48.2 Å². The summed E-state index contributed by atoms with van der Waals surface area (Å²) in [6.45, 7) is 5.88. The highest BCUT2D eigenvalue weighted by Crippen LogP contribution is 2.32. The molecule has 2 rings (SSSR count). The van der Waals surface area contributed by atoms with Gasteiger partial charge in [-0.3, -0.25) is 4.68 Å². The third-order valence-corrected chi connectivity index (χ3v) is 3.96. The number of aryl methyl sites for hydroxylation is 1. The normalized spacial score (nSPS) is 13.3. The van der Waals surface area contributed by atoms with Crippen LogP contribution in [-0.2, 0) is 0 Å². The SMILES string of the molecule is Cc1nnsc1C(O)c1c(Br)cnn1C(C)C. The van der Waals surface area contributed by atoms with Crippen LogP contribution in [0.4, 0.5) is 0 Å². The van der Waals surface area contributed by atoms with Gasteiger partial charge in [-0.15, -0.1) is 5.10 Å². The standard InChI is InChI=1S/C10H13BrN4OS/c1-5(2)15-8(7(11)4-12-15)9(16)10-6(3)13-14-17-10/h4-5,9,16H,1-3H3. The molecular weight excluding hydrogens is 304 g/mol. The molecule has 2 heterocycles. The molecule has 0 bridgehead atoms. The lowest BCUT2D eigenvalue weighted by atomic mass is 10.2. The van der Waals surface area contributed by atoms with Crippen molar-refractivity contribution in [2.75, 3.05) is 0 Å². The van der Waals surface area contributed by atoms with Gasteiger partial charge in [0.2, 0.25) is 0 Å². The smallest absolute Gasteiger partial charge is 0.134 e. The lowest BCUT2D eigenvalue weighted by molar-refractivity contribution is 0.207. The predicted molar refractivity (Wildman–Crippen MR) is 69.0 cm³/mol. The van der Waals surface area contributed by atoms with Gasteiger partial charge in [-0.25, -0.2) is 0 Å². The molecule has 0 aliphatic carbocycles. The third-order valence-electron chi connectivity index (χ3n) is 2.47. The van der Waals surface area contributed by atoms with Gasteiger partial charge in [0.15, 0.2) is 0 Å². The van der Waals surface area contributed by atoms with Crippen LogP contribution in [0.25, 0.3) is 0 Å². The molecule has 1 N–H and O–H groups in total. The second-order valence-corrected chi connectivity index (χ2v) is 5.68. The summed E-state index contributed by atoms with van der Waals surface area (Å²) < 4.78 is 6.44. The van der Waals surface area contributed by atoms with Gasteiger partial charge >= 0.3 is 0 Å². The van der Waals surface area contributed by atoms with Crippen LogP contribution in [0.5, 0.6) is 0 Å². The van der Waals surface area contributed by atoms with E-state index in [1.54, 1.807) is 10.9 Å². The zero-order valence-corrected chi connectivity index (χ0v) is 12.2. The number of nitrogens with zero attached hydrogens (tertiary/aromatic N) is 4. The average Bonchev–Trinajstić information content (AvgIpc) is 2.83. The fourth-order valence-corrected chi connectivity index (χ4v) is 2.76. The maximum atomic E-state index is 10.4. The van der Waals surface area contributed by atoms with Gasteiger partial charge in [-0.1, -0.05) is 4.49 Å². The first-order valence-electron chi connectivity index (χ1n) is 5.22. The van der Waals surface area contributed by atoms with Crippen molar-refractivity contribution in [1.29, 1.82) is 0 Å². The molecule has 0 fully saturated rings. The molecule has 0 amide bonds. The first kappa shape index (κ1) is 12.7. The molecular formula is C10H13BrN4OS. The lowest BCUT2D eigenvalue weighted by Gasteiger charge is -2.15. The van der Waals surface area contributed by atoms with E-state index in [4.69, 9.17) is 0 Å². The van der Waals surface area contributed by atoms with Gasteiger partial charge in [0.1, 0.15) is 6.10 Å². The Kier molecular flexibility index (Phi) is 3.60. The van der Waals surface area contributed by atoms with Gasteiger partial charge < -0.3 is 5.11 Å². The molecule has 0 saturated heterocycles. The Morgan fingerprint density at radius 1 is 1.47 bits per heavy atom. The van der Waals surface area contributed by atoms with Crippen LogP contribution in [-0.4, -0.2) is 24.5 Å². The maximum absolute atomic E-state index is 10.4. The molecule has 0 spiro atoms. The van der Waals surface area contributed by atoms with Crippen LogP contribution in [0.3, 0.4) is 0 Å². The van der Waals surface area contributed by atoms with Crippen molar-refractivity contribution in [3.8, 4) is 0 Å². The third kappa shape index (κ3) is 2.27. The molecule has 5 nitrogen and oxygen atoms in total. The minimum atomic E-state index is -0.741. The average molecular weight is 317 g/mol. The summed E-state index contributed by atoms with van der Waals surface area (Å²) in [5, 5.41) is 18.6. The molecule has 0 aliphatic heterocycles. The molecule has 0 radical (unpaired) electrons. The topological polar surface area (TPSA) is 63.8 Å². The predicted octanol–water partition coefficient (Wildman–Crippen LogP) is 2.47. The van der Waals surface area contributed by atoms with Gasteiger partial charge in [0, 0.05) is 6.04 Å². The summed E-state index contributed by atoms with van der Waals surface area (Å²) >= 11 is 4.63. The Morgan fingerprint density at radius 2 is 2.18 bits per heavy atom. The molecule has 92 valence electrons. The highest BCUT2D eigenvalue weighted by molar-refractivity contribution is 9.10. The number of aliphatic hydroxyl groups is 1. The molecule has 0 aromatic carbocycles. The number of aromatic nitrogens is 4. The summed E-state index contributed by atoms with van der Waals surface area (Å²) in [7, 11) is 0. The zero-order chi connectivity index (χ0) is 12.6. The monoisotopic (exact) mass is 316 g/mol. The van der Waals surface area contributed by atoms with Crippen LogP contribution in [0.15, 0.2) is 10.7 Å². The van der Waals surface area contributed by atoms with E-state index in [9.17, 15) is 5.11 Å².